The predicted octanol–water partition coefficient (Wildman–Crippen LogP) is 4.22. The number of aryl methyl sites for hydroxylation is 3. The fraction of sp³-hybridized carbons (Fsp3) is 0.200. The Morgan fingerprint density at radius 3 is 2.59 bits per heavy atom. The number of sulfonamides is 1. The minimum Gasteiger partial charge on any atom is -0.497 e. The minimum absolute atomic E-state index is 0.238. The lowest BCUT2D eigenvalue weighted by atomic mass is 10.2. The van der Waals surface area contributed by atoms with Crippen LogP contribution in [0.3, 0.4) is 0 Å². The molecule has 1 N–H and O–H groups in total. The van der Waals surface area contributed by atoms with Gasteiger partial charge in [0.1, 0.15) is 11.6 Å². The summed E-state index contributed by atoms with van der Waals surface area (Å²) in [5.74, 6) is 1.08. The SMILES string of the molecule is COc1ccc2nc(-n3nc(C)cc3NS(=O)(=O)c3ccc(C)cc3C)sc2c1. The molecule has 9 heteroatoms. The van der Waals surface area contributed by atoms with Crippen LogP contribution in [-0.2, 0) is 10.0 Å². The van der Waals surface area contributed by atoms with Gasteiger partial charge in [-0.15, -0.1) is 0 Å². The Morgan fingerprint density at radius 1 is 1.07 bits per heavy atom. The van der Waals surface area contributed by atoms with Crippen molar-refractivity contribution in [2.45, 2.75) is 25.7 Å². The average Bonchev–Trinajstić information content (AvgIpc) is 3.22. The Bertz CT molecular complexity index is 1320. The van der Waals surface area contributed by atoms with Crippen LogP contribution in [0.25, 0.3) is 15.3 Å². The first-order valence-electron chi connectivity index (χ1n) is 8.88. The van der Waals surface area contributed by atoms with Crippen molar-refractivity contribution in [3.63, 3.8) is 0 Å². The first kappa shape index (κ1) is 19.4. The molecule has 7 nitrogen and oxygen atoms in total. The molecule has 150 valence electrons. The van der Waals surface area contributed by atoms with E-state index in [9.17, 15) is 8.42 Å². The number of anilines is 1. The van der Waals surface area contributed by atoms with E-state index in [1.807, 2.05) is 38.1 Å². The van der Waals surface area contributed by atoms with E-state index in [1.165, 1.54) is 16.0 Å². The number of aromatic nitrogens is 3. The molecule has 2 aromatic heterocycles. The smallest absolute Gasteiger partial charge is 0.263 e. The van der Waals surface area contributed by atoms with Gasteiger partial charge in [-0.1, -0.05) is 29.0 Å². The number of nitrogens with one attached hydrogen (secondary N) is 1. The number of methoxy groups -OCH3 is 1. The van der Waals surface area contributed by atoms with Crippen molar-refractivity contribution in [2.75, 3.05) is 11.8 Å². The lowest BCUT2D eigenvalue weighted by molar-refractivity contribution is 0.415. The standard InChI is InChI=1S/C20H20N4O3S2/c1-12-5-8-18(13(2)9-12)29(25,26)23-19-10-14(3)22-24(19)20-21-16-7-6-15(27-4)11-17(16)28-20/h5-11,23H,1-4H3. The maximum atomic E-state index is 13.0. The fourth-order valence-electron chi connectivity index (χ4n) is 3.12. The van der Waals surface area contributed by atoms with Gasteiger partial charge in [0.05, 0.1) is 27.9 Å². The third-order valence-electron chi connectivity index (χ3n) is 4.46. The summed E-state index contributed by atoms with van der Waals surface area (Å²) in [6.07, 6.45) is 0. The van der Waals surface area contributed by atoms with E-state index in [-0.39, 0.29) is 4.90 Å². The highest BCUT2D eigenvalue weighted by Gasteiger charge is 2.21. The molecular weight excluding hydrogens is 408 g/mol. The van der Waals surface area contributed by atoms with Gasteiger partial charge in [0.25, 0.3) is 10.0 Å². The van der Waals surface area contributed by atoms with Crippen molar-refractivity contribution in [2.24, 2.45) is 0 Å². The van der Waals surface area contributed by atoms with Gasteiger partial charge in [-0.05, 0) is 50.6 Å². The highest BCUT2D eigenvalue weighted by Crippen LogP contribution is 2.30. The normalized spacial score (nSPS) is 11.7. The first-order chi connectivity index (χ1) is 13.8. The zero-order valence-electron chi connectivity index (χ0n) is 16.4. The van der Waals surface area contributed by atoms with Gasteiger partial charge in [-0.25, -0.2) is 13.4 Å². The monoisotopic (exact) mass is 428 g/mol. The number of hydrogen-bond acceptors (Lipinski definition) is 6. The first-order valence-corrected chi connectivity index (χ1v) is 11.2. The number of ether oxygens (including phenoxy) is 1. The third-order valence-corrected chi connectivity index (χ3v) is 6.96. The van der Waals surface area contributed by atoms with Gasteiger partial charge in [0.2, 0.25) is 5.13 Å². The van der Waals surface area contributed by atoms with Crippen LogP contribution in [0, 0.1) is 20.8 Å². The van der Waals surface area contributed by atoms with Gasteiger partial charge in [0.15, 0.2) is 0 Å². The Labute approximate surface area is 173 Å². The molecule has 0 atom stereocenters. The summed E-state index contributed by atoms with van der Waals surface area (Å²) >= 11 is 1.41. The number of fused-ring (bicyclic) bond motifs is 1. The van der Waals surface area contributed by atoms with Crippen molar-refractivity contribution in [1.29, 1.82) is 0 Å². The maximum absolute atomic E-state index is 13.0. The molecule has 2 heterocycles. The van der Waals surface area contributed by atoms with Gasteiger partial charge in [-0.2, -0.15) is 9.78 Å². The van der Waals surface area contributed by atoms with Crippen molar-refractivity contribution in [3.8, 4) is 10.9 Å². The molecule has 4 aromatic rings. The van der Waals surface area contributed by atoms with Gasteiger partial charge < -0.3 is 4.74 Å². The van der Waals surface area contributed by atoms with Crippen LogP contribution in [0.5, 0.6) is 5.75 Å². The van der Waals surface area contributed by atoms with E-state index in [1.54, 1.807) is 32.2 Å². The second kappa shape index (κ2) is 7.16. The lowest BCUT2D eigenvalue weighted by Crippen LogP contribution is -2.17. The van der Waals surface area contributed by atoms with E-state index >= 15 is 0 Å². The maximum Gasteiger partial charge on any atom is 0.263 e. The van der Waals surface area contributed by atoms with E-state index in [2.05, 4.69) is 14.8 Å². The molecule has 0 aliphatic heterocycles. The summed E-state index contributed by atoms with van der Waals surface area (Å²) in [6, 6.07) is 12.5. The van der Waals surface area contributed by atoms with E-state index in [0.29, 0.717) is 22.2 Å². The van der Waals surface area contributed by atoms with Crippen LogP contribution < -0.4 is 9.46 Å². The summed E-state index contributed by atoms with van der Waals surface area (Å²) < 4.78 is 36.4. The van der Waals surface area contributed by atoms with E-state index in [4.69, 9.17) is 4.74 Å². The molecule has 0 aliphatic rings. The Morgan fingerprint density at radius 2 is 1.86 bits per heavy atom. The van der Waals surface area contributed by atoms with Crippen molar-refractivity contribution >= 4 is 37.4 Å². The number of rotatable bonds is 5. The number of hydrogen-bond donors (Lipinski definition) is 1. The van der Waals surface area contributed by atoms with Crippen LogP contribution in [0.15, 0.2) is 47.4 Å². The predicted molar refractivity (Wildman–Crippen MR) is 115 cm³/mol. The fourth-order valence-corrected chi connectivity index (χ4v) is 5.34. The molecule has 2 aromatic carbocycles. The van der Waals surface area contributed by atoms with Gasteiger partial charge in [-0.3, -0.25) is 4.72 Å². The van der Waals surface area contributed by atoms with Crippen molar-refractivity contribution < 1.29 is 13.2 Å². The second-order valence-electron chi connectivity index (χ2n) is 6.79. The molecule has 0 unspecified atom stereocenters. The number of thiazole rings is 1. The molecule has 0 saturated heterocycles. The van der Waals surface area contributed by atoms with E-state index in [0.717, 1.165) is 21.5 Å². The lowest BCUT2D eigenvalue weighted by Gasteiger charge is -2.11. The molecule has 0 bridgehead atoms. The quantitative estimate of drug-likeness (QED) is 0.514. The molecule has 0 aliphatic carbocycles. The summed E-state index contributed by atoms with van der Waals surface area (Å²) in [5.41, 5.74) is 3.17. The van der Waals surface area contributed by atoms with Gasteiger partial charge in [0, 0.05) is 6.07 Å². The van der Waals surface area contributed by atoms with Crippen LogP contribution in [0.2, 0.25) is 0 Å². The largest absolute Gasteiger partial charge is 0.497 e. The average molecular weight is 429 g/mol. The zero-order valence-corrected chi connectivity index (χ0v) is 18.1. The number of nitrogens with zero attached hydrogens (tertiary/aromatic N) is 3. The Kier molecular flexibility index (Phi) is 4.79. The number of benzene rings is 2. The second-order valence-corrected chi connectivity index (χ2v) is 9.45. The van der Waals surface area contributed by atoms with Gasteiger partial charge >= 0.3 is 0 Å². The van der Waals surface area contributed by atoms with Crippen LogP contribution >= 0.6 is 11.3 Å². The molecule has 0 radical (unpaired) electrons. The molecule has 4 rings (SSSR count). The summed E-state index contributed by atoms with van der Waals surface area (Å²) in [4.78, 5) is 4.83. The molecule has 0 spiro atoms. The summed E-state index contributed by atoms with van der Waals surface area (Å²) in [6.45, 7) is 5.52. The van der Waals surface area contributed by atoms with Crippen molar-refractivity contribution in [1.82, 2.24) is 14.8 Å². The molecule has 0 amide bonds. The highest BCUT2D eigenvalue weighted by molar-refractivity contribution is 7.92. The highest BCUT2D eigenvalue weighted by atomic mass is 32.2. The Balaban J connectivity index is 1.75. The molecular formula is C20H20N4O3S2. The van der Waals surface area contributed by atoms with Crippen LogP contribution in [0.1, 0.15) is 16.8 Å². The van der Waals surface area contributed by atoms with E-state index < -0.39 is 10.0 Å². The Hall–Kier alpha value is -2.91. The topological polar surface area (TPSA) is 86.1 Å². The zero-order chi connectivity index (χ0) is 20.8. The summed E-state index contributed by atoms with van der Waals surface area (Å²) in [5, 5.41) is 5.01. The minimum atomic E-state index is -3.77. The van der Waals surface area contributed by atoms with Crippen molar-refractivity contribution in [3.05, 3.63) is 59.3 Å². The van der Waals surface area contributed by atoms with Crippen LogP contribution in [0.4, 0.5) is 5.82 Å². The molecule has 0 saturated carbocycles. The molecule has 0 fully saturated rings. The van der Waals surface area contributed by atoms with Crippen LogP contribution in [-0.4, -0.2) is 30.3 Å². The third kappa shape index (κ3) is 3.70. The summed E-state index contributed by atoms with van der Waals surface area (Å²) in [7, 11) is -2.16. The molecule has 29 heavy (non-hydrogen) atoms.